The summed E-state index contributed by atoms with van der Waals surface area (Å²) in [7, 11) is 0. The van der Waals surface area contributed by atoms with Gasteiger partial charge in [-0.05, 0) is 115 Å². The lowest BCUT2D eigenvalue weighted by Gasteiger charge is -2.41. The molecule has 0 aliphatic heterocycles. The van der Waals surface area contributed by atoms with Crippen LogP contribution in [0.5, 0.6) is 23.0 Å². The molecule has 0 atom stereocenters. The van der Waals surface area contributed by atoms with Crippen LogP contribution in [-0.4, -0.2) is 0 Å². The summed E-state index contributed by atoms with van der Waals surface area (Å²) in [4.78, 5) is 0. The van der Waals surface area contributed by atoms with Crippen LogP contribution in [0.15, 0.2) is 109 Å². The molecule has 0 spiro atoms. The number of ether oxygens (including phenoxy) is 2. The second-order valence-corrected chi connectivity index (χ2v) is 12.7. The summed E-state index contributed by atoms with van der Waals surface area (Å²) in [5.41, 5.74) is 17.0. The first kappa shape index (κ1) is 32.1. The molecule has 0 aromatic heterocycles. The van der Waals surface area contributed by atoms with E-state index in [2.05, 4.69) is 55.5 Å². The van der Waals surface area contributed by atoms with Gasteiger partial charge in [-0.15, -0.1) is 0 Å². The highest BCUT2D eigenvalue weighted by atomic mass is 19.1. The number of aryl methyl sites for hydroxylation is 1. The molecule has 6 rings (SSSR count). The molecule has 1 fully saturated rings. The zero-order chi connectivity index (χ0) is 32.8. The Labute approximate surface area is 276 Å². The molecule has 0 saturated heterocycles. The first-order valence-electron chi connectivity index (χ1n) is 16.6. The highest BCUT2D eigenvalue weighted by Crippen LogP contribution is 2.49. The van der Waals surface area contributed by atoms with Crippen LogP contribution in [0.1, 0.15) is 80.0 Å². The zero-order valence-electron chi connectivity index (χ0n) is 26.9. The Balaban J connectivity index is 1.24. The topological polar surface area (TPSA) is 70.5 Å². The Morgan fingerprint density at radius 1 is 0.638 bits per heavy atom. The highest BCUT2D eigenvalue weighted by Gasteiger charge is 2.39. The van der Waals surface area contributed by atoms with Crippen molar-refractivity contribution in [1.82, 2.24) is 0 Å². The van der Waals surface area contributed by atoms with Gasteiger partial charge in [-0.25, -0.2) is 8.78 Å². The molecule has 0 radical (unpaired) electrons. The van der Waals surface area contributed by atoms with Crippen molar-refractivity contribution in [3.63, 3.8) is 0 Å². The van der Waals surface area contributed by atoms with Crippen molar-refractivity contribution >= 4 is 11.4 Å². The van der Waals surface area contributed by atoms with Crippen LogP contribution in [-0.2, 0) is 11.8 Å². The predicted octanol–water partition coefficient (Wildman–Crippen LogP) is 11.1. The van der Waals surface area contributed by atoms with Gasteiger partial charge in [-0.1, -0.05) is 68.3 Å². The number of rotatable bonds is 11. The van der Waals surface area contributed by atoms with Gasteiger partial charge in [0, 0.05) is 28.9 Å². The van der Waals surface area contributed by atoms with Gasteiger partial charge >= 0.3 is 0 Å². The Morgan fingerprint density at radius 3 is 1.57 bits per heavy atom. The Kier molecular flexibility index (Phi) is 9.76. The van der Waals surface area contributed by atoms with Crippen molar-refractivity contribution in [2.24, 2.45) is 0 Å². The molecule has 0 heterocycles. The van der Waals surface area contributed by atoms with Crippen LogP contribution in [0.3, 0.4) is 0 Å². The molecular formula is C41H42F2N2O2. The number of halogens is 2. The van der Waals surface area contributed by atoms with E-state index in [0.717, 1.165) is 32.1 Å². The summed E-state index contributed by atoms with van der Waals surface area (Å²) in [5.74, 6) is 0.848. The molecule has 4 nitrogen and oxygen atoms in total. The average Bonchev–Trinajstić information content (AvgIpc) is 3.08. The Bertz CT molecular complexity index is 1680. The van der Waals surface area contributed by atoms with E-state index in [1.54, 1.807) is 24.3 Å². The minimum Gasteiger partial charge on any atom is -0.454 e. The number of nitrogen functional groups attached to an aromatic ring is 2. The second kappa shape index (κ2) is 14.3. The van der Waals surface area contributed by atoms with Crippen molar-refractivity contribution in [1.29, 1.82) is 0 Å². The Morgan fingerprint density at radius 2 is 1.13 bits per heavy atom. The predicted molar refractivity (Wildman–Crippen MR) is 186 cm³/mol. The molecule has 1 aliphatic carbocycles. The lowest BCUT2D eigenvalue weighted by atomic mass is 9.62. The lowest BCUT2D eigenvalue weighted by molar-refractivity contribution is 0.314. The maximum atomic E-state index is 14.4. The minimum atomic E-state index is -0.501. The molecule has 4 N–H and O–H groups in total. The molecular weight excluding hydrogens is 590 g/mol. The normalized spacial score (nSPS) is 14.5. The average molecular weight is 633 g/mol. The molecule has 0 amide bonds. The number of hydrogen-bond donors (Lipinski definition) is 2. The molecule has 0 unspecified atom stereocenters. The second-order valence-electron chi connectivity index (χ2n) is 12.7. The molecule has 1 aliphatic rings. The van der Waals surface area contributed by atoms with Crippen LogP contribution in [0.25, 0.3) is 0 Å². The zero-order valence-corrected chi connectivity index (χ0v) is 26.9. The first-order valence-corrected chi connectivity index (χ1v) is 16.6. The van der Waals surface area contributed by atoms with E-state index >= 15 is 0 Å². The fourth-order valence-corrected chi connectivity index (χ4v) is 6.86. The summed E-state index contributed by atoms with van der Waals surface area (Å²) in [6, 6.07) is 34.0. The Hall–Kier alpha value is -4.84. The summed E-state index contributed by atoms with van der Waals surface area (Å²) in [6.45, 7) is 2.24. The third-order valence-corrected chi connectivity index (χ3v) is 9.54. The monoisotopic (exact) mass is 632 g/mol. The van der Waals surface area contributed by atoms with Gasteiger partial charge in [0.2, 0.25) is 0 Å². The van der Waals surface area contributed by atoms with Crippen LogP contribution >= 0.6 is 0 Å². The number of unbranched alkanes of at least 4 members (excludes halogenated alkanes) is 2. The SMILES string of the molecule is CCCCCc1ccc(C2CCC(c3ccc(Oc4ccc(N)cc4F)cc3)(c3ccc(Oc4ccc(N)cc4F)cc3)CC2)cc1. The maximum Gasteiger partial charge on any atom is 0.167 e. The van der Waals surface area contributed by atoms with Crippen LogP contribution in [0.4, 0.5) is 20.2 Å². The first-order chi connectivity index (χ1) is 22.8. The molecule has 6 heteroatoms. The van der Waals surface area contributed by atoms with E-state index in [1.807, 2.05) is 24.3 Å². The summed E-state index contributed by atoms with van der Waals surface area (Å²) >= 11 is 0. The van der Waals surface area contributed by atoms with Crippen molar-refractivity contribution in [2.75, 3.05) is 11.5 Å². The van der Waals surface area contributed by atoms with E-state index in [4.69, 9.17) is 20.9 Å². The lowest BCUT2D eigenvalue weighted by Crippen LogP contribution is -2.32. The molecule has 5 aromatic carbocycles. The van der Waals surface area contributed by atoms with Crippen molar-refractivity contribution in [3.8, 4) is 23.0 Å². The van der Waals surface area contributed by atoms with Gasteiger partial charge in [0.1, 0.15) is 11.5 Å². The van der Waals surface area contributed by atoms with E-state index in [9.17, 15) is 8.78 Å². The van der Waals surface area contributed by atoms with Gasteiger partial charge in [-0.3, -0.25) is 0 Å². The van der Waals surface area contributed by atoms with E-state index < -0.39 is 11.6 Å². The number of hydrogen-bond acceptors (Lipinski definition) is 4. The molecule has 5 aromatic rings. The molecule has 242 valence electrons. The summed E-state index contributed by atoms with van der Waals surface area (Å²) in [6.07, 6.45) is 8.86. The third kappa shape index (κ3) is 7.43. The number of nitrogens with two attached hydrogens (primary N) is 2. The van der Waals surface area contributed by atoms with Crippen LogP contribution in [0, 0.1) is 11.6 Å². The van der Waals surface area contributed by atoms with Crippen LogP contribution in [0.2, 0.25) is 0 Å². The molecule has 47 heavy (non-hydrogen) atoms. The van der Waals surface area contributed by atoms with Crippen molar-refractivity contribution in [2.45, 2.75) is 69.6 Å². The van der Waals surface area contributed by atoms with Crippen molar-refractivity contribution in [3.05, 3.63) is 143 Å². The smallest absolute Gasteiger partial charge is 0.167 e. The van der Waals surface area contributed by atoms with Gasteiger partial charge in [-0.2, -0.15) is 0 Å². The summed E-state index contributed by atoms with van der Waals surface area (Å²) in [5, 5.41) is 0. The van der Waals surface area contributed by atoms with E-state index in [-0.39, 0.29) is 16.9 Å². The van der Waals surface area contributed by atoms with E-state index in [1.165, 1.54) is 53.6 Å². The van der Waals surface area contributed by atoms with E-state index in [0.29, 0.717) is 28.8 Å². The van der Waals surface area contributed by atoms with Gasteiger partial charge in [0.15, 0.2) is 23.1 Å². The number of anilines is 2. The fourth-order valence-electron chi connectivity index (χ4n) is 6.86. The molecule has 0 bridgehead atoms. The maximum absolute atomic E-state index is 14.4. The molecule has 1 saturated carbocycles. The highest BCUT2D eigenvalue weighted by molar-refractivity contribution is 5.48. The number of benzene rings is 5. The van der Waals surface area contributed by atoms with Gasteiger partial charge < -0.3 is 20.9 Å². The van der Waals surface area contributed by atoms with Crippen LogP contribution < -0.4 is 20.9 Å². The van der Waals surface area contributed by atoms with Gasteiger partial charge in [0.05, 0.1) is 0 Å². The summed E-state index contributed by atoms with van der Waals surface area (Å²) < 4.78 is 40.6. The van der Waals surface area contributed by atoms with Gasteiger partial charge in [0.25, 0.3) is 0 Å². The standard InChI is InChI=1S/C41H42F2N2O2/c1-2-3-4-5-28-6-8-29(9-7-28)30-22-24-41(25-23-30,31-10-16-35(17-11-31)46-39-20-14-33(44)26-37(39)42)32-12-18-36(19-13-32)47-40-21-15-34(45)27-38(40)43/h6-21,26-27,30H,2-5,22-25,44-45H2,1H3. The largest absolute Gasteiger partial charge is 0.454 e. The minimum absolute atomic E-state index is 0.131. The quantitative estimate of drug-likeness (QED) is 0.112. The van der Waals surface area contributed by atoms with Crippen molar-refractivity contribution < 1.29 is 18.3 Å². The third-order valence-electron chi connectivity index (χ3n) is 9.54. The fraction of sp³-hybridized carbons (Fsp3) is 0.268.